The SMILES string of the molecule is CN(Cc1cccc(C#N)c1)Cc1nnc(C(C)(C)C)o1. The minimum Gasteiger partial charge on any atom is -0.423 e. The van der Waals surface area contributed by atoms with E-state index in [4.69, 9.17) is 9.68 Å². The normalized spacial score (nSPS) is 11.6. The summed E-state index contributed by atoms with van der Waals surface area (Å²) in [6.45, 7) is 7.44. The molecule has 1 aromatic carbocycles. The highest BCUT2D eigenvalue weighted by Crippen LogP contribution is 2.20. The van der Waals surface area contributed by atoms with E-state index in [1.807, 2.05) is 46.0 Å². The summed E-state index contributed by atoms with van der Waals surface area (Å²) in [6.07, 6.45) is 0. The average Bonchev–Trinajstić information content (AvgIpc) is 2.87. The number of hydrogen-bond donors (Lipinski definition) is 0. The van der Waals surface area contributed by atoms with Crippen LogP contribution in [0.3, 0.4) is 0 Å². The summed E-state index contributed by atoms with van der Waals surface area (Å²) in [4.78, 5) is 2.08. The molecular formula is C16H20N4O. The van der Waals surface area contributed by atoms with Gasteiger partial charge in [-0.15, -0.1) is 10.2 Å². The van der Waals surface area contributed by atoms with Gasteiger partial charge < -0.3 is 4.42 Å². The lowest BCUT2D eigenvalue weighted by Crippen LogP contribution is -2.17. The summed E-state index contributed by atoms with van der Waals surface area (Å²) in [7, 11) is 1.99. The van der Waals surface area contributed by atoms with Crippen LogP contribution in [0.4, 0.5) is 0 Å². The lowest BCUT2D eigenvalue weighted by molar-refractivity contribution is 0.269. The molecule has 0 unspecified atom stereocenters. The summed E-state index contributed by atoms with van der Waals surface area (Å²) in [5, 5.41) is 17.1. The van der Waals surface area contributed by atoms with Crippen molar-refractivity contribution in [3.63, 3.8) is 0 Å². The van der Waals surface area contributed by atoms with Gasteiger partial charge in [0, 0.05) is 12.0 Å². The van der Waals surface area contributed by atoms with Crippen molar-refractivity contribution in [2.75, 3.05) is 7.05 Å². The van der Waals surface area contributed by atoms with Gasteiger partial charge in [-0.2, -0.15) is 5.26 Å². The van der Waals surface area contributed by atoms with Gasteiger partial charge in [0.1, 0.15) is 0 Å². The Morgan fingerprint density at radius 1 is 1.24 bits per heavy atom. The van der Waals surface area contributed by atoms with E-state index in [0.717, 1.165) is 12.1 Å². The van der Waals surface area contributed by atoms with Crippen molar-refractivity contribution in [3.8, 4) is 6.07 Å². The molecule has 0 fully saturated rings. The molecule has 110 valence electrons. The van der Waals surface area contributed by atoms with E-state index in [2.05, 4.69) is 21.2 Å². The molecule has 0 aliphatic rings. The fraction of sp³-hybridized carbons (Fsp3) is 0.438. The van der Waals surface area contributed by atoms with E-state index in [9.17, 15) is 0 Å². The molecule has 1 aromatic heterocycles. The fourth-order valence-corrected chi connectivity index (χ4v) is 1.96. The first kappa shape index (κ1) is 15.2. The van der Waals surface area contributed by atoms with Crippen LogP contribution in [0.5, 0.6) is 0 Å². The highest BCUT2D eigenvalue weighted by molar-refractivity contribution is 5.32. The Bertz CT molecular complexity index is 649. The van der Waals surface area contributed by atoms with E-state index in [-0.39, 0.29) is 5.41 Å². The van der Waals surface area contributed by atoms with Crippen LogP contribution in [0.1, 0.15) is 43.7 Å². The molecule has 0 atom stereocenters. The minimum atomic E-state index is -0.134. The molecule has 0 bridgehead atoms. The Morgan fingerprint density at radius 2 is 2.00 bits per heavy atom. The lowest BCUT2D eigenvalue weighted by Gasteiger charge is -2.15. The first-order valence-corrected chi connectivity index (χ1v) is 6.89. The van der Waals surface area contributed by atoms with Crippen molar-refractivity contribution < 1.29 is 4.42 Å². The molecule has 0 aliphatic carbocycles. The molecule has 0 radical (unpaired) electrons. The van der Waals surface area contributed by atoms with Gasteiger partial charge in [-0.05, 0) is 24.7 Å². The Morgan fingerprint density at radius 3 is 2.62 bits per heavy atom. The predicted molar refractivity (Wildman–Crippen MR) is 79.3 cm³/mol. The fourth-order valence-electron chi connectivity index (χ4n) is 1.96. The molecule has 5 nitrogen and oxygen atoms in total. The Hall–Kier alpha value is -2.19. The first-order valence-electron chi connectivity index (χ1n) is 6.89. The molecule has 0 saturated heterocycles. The van der Waals surface area contributed by atoms with Gasteiger partial charge >= 0.3 is 0 Å². The van der Waals surface area contributed by atoms with Gasteiger partial charge in [0.25, 0.3) is 0 Å². The number of aromatic nitrogens is 2. The van der Waals surface area contributed by atoms with E-state index in [1.165, 1.54) is 0 Å². The van der Waals surface area contributed by atoms with Crippen molar-refractivity contribution in [2.24, 2.45) is 0 Å². The van der Waals surface area contributed by atoms with E-state index < -0.39 is 0 Å². The summed E-state index contributed by atoms with van der Waals surface area (Å²) >= 11 is 0. The topological polar surface area (TPSA) is 66.0 Å². The summed E-state index contributed by atoms with van der Waals surface area (Å²) in [5.41, 5.74) is 1.63. The molecule has 21 heavy (non-hydrogen) atoms. The van der Waals surface area contributed by atoms with Crippen molar-refractivity contribution in [1.29, 1.82) is 5.26 Å². The molecular weight excluding hydrogens is 264 g/mol. The van der Waals surface area contributed by atoms with Crippen LogP contribution in [0.25, 0.3) is 0 Å². The lowest BCUT2D eigenvalue weighted by atomic mass is 9.97. The van der Waals surface area contributed by atoms with Crippen LogP contribution >= 0.6 is 0 Å². The quantitative estimate of drug-likeness (QED) is 0.863. The highest BCUT2D eigenvalue weighted by atomic mass is 16.4. The van der Waals surface area contributed by atoms with Crippen molar-refractivity contribution >= 4 is 0 Å². The zero-order valence-corrected chi connectivity index (χ0v) is 12.9. The van der Waals surface area contributed by atoms with Gasteiger partial charge in [-0.3, -0.25) is 4.90 Å². The van der Waals surface area contributed by atoms with Crippen LogP contribution < -0.4 is 0 Å². The molecule has 2 rings (SSSR count). The molecule has 0 saturated carbocycles. The van der Waals surface area contributed by atoms with Gasteiger partial charge in [-0.1, -0.05) is 32.9 Å². The Labute approximate surface area is 125 Å². The summed E-state index contributed by atoms with van der Waals surface area (Å²) < 4.78 is 5.69. The first-order chi connectivity index (χ1) is 9.88. The molecule has 0 N–H and O–H groups in total. The Balaban J connectivity index is 2.00. The maximum absolute atomic E-state index is 8.91. The summed E-state index contributed by atoms with van der Waals surface area (Å²) in [5.74, 6) is 1.26. The second kappa shape index (κ2) is 6.06. The monoisotopic (exact) mass is 284 g/mol. The third-order valence-electron chi connectivity index (χ3n) is 3.02. The number of rotatable bonds is 4. The molecule has 1 heterocycles. The smallest absolute Gasteiger partial charge is 0.230 e. The number of nitrogens with zero attached hydrogens (tertiary/aromatic N) is 4. The van der Waals surface area contributed by atoms with Gasteiger partial charge in [0.05, 0.1) is 18.2 Å². The maximum atomic E-state index is 8.91. The van der Waals surface area contributed by atoms with Crippen LogP contribution in [-0.2, 0) is 18.5 Å². The van der Waals surface area contributed by atoms with Crippen molar-refractivity contribution in [2.45, 2.75) is 39.3 Å². The van der Waals surface area contributed by atoms with E-state index >= 15 is 0 Å². The van der Waals surface area contributed by atoms with Crippen LogP contribution in [0.15, 0.2) is 28.7 Å². The van der Waals surface area contributed by atoms with Crippen molar-refractivity contribution in [1.82, 2.24) is 15.1 Å². The predicted octanol–water partition coefficient (Wildman–Crippen LogP) is 2.87. The average molecular weight is 284 g/mol. The van der Waals surface area contributed by atoms with Gasteiger partial charge in [0.2, 0.25) is 11.8 Å². The maximum Gasteiger partial charge on any atom is 0.230 e. The summed E-state index contributed by atoms with van der Waals surface area (Å²) in [6, 6.07) is 9.75. The third-order valence-corrected chi connectivity index (χ3v) is 3.02. The zero-order chi connectivity index (χ0) is 15.5. The second-order valence-corrected chi connectivity index (χ2v) is 6.24. The molecule has 0 amide bonds. The zero-order valence-electron chi connectivity index (χ0n) is 12.9. The molecule has 5 heteroatoms. The number of hydrogen-bond acceptors (Lipinski definition) is 5. The van der Waals surface area contributed by atoms with Gasteiger partial charge in [-0.25, -0.2) is 0 Å². The third kappa shape index (κ3) is 4.14. The Kier molecular flexibility index (Phi) is 4.39. The molecule has 2 aromatic rings. The second-order valence-electron chi connectivity index (χ2n) is 6.24. The number of nitriles is 1. The molecule has 0 spiro atoms. The van der Waals surface area contributed by atoms with Gasteiger partial charge in [0.15, 0.2) is 0 Å². The number of benzene rings is 1. The van der Waals surface area contributed by atoms with Crippen LogP contribution in [0, 0.1) is 11.3 Å². The van der Waals surface area contributed by atoms with E-state index in [0.29, 0.717) is 23.9 Å². The molecule has 0 aliphatic heterocycles. The van der Waals surface area contributed by atoms with Crippen LogP contribution in [-0.4, -0.2) is 22.1 Å². The minimum absolute atomic E-state index is 0.134. The van der Waals surface area contributed by atoms with Crippen molar-refractivity contribution in [3.05, 3.63) is 47.2 Å². The highest BCUT2D eigenvalue weighted by Gasteiger charge is 2.21. The van der Waals surface area contributed by atoms with E-state index in [1.54, 1.807) is 6.07 Å². The standard InChI is InChI=1S/C16H20N4O/c1-16(2,3)15-19-18-14(21-15)11-20(4)10-13-7-5-6-12(8-13)9-17/h5-8H,10-11H2,1-4H3. The van der Waals surface area contributed by atoms with Crippen LogP contribution in [0.2, 0.25) is 0 Å². The largest absolute Gasteiger partial charge is 0.423 e.